The van der Waals surface area contributed by atoms with E-state index in [2.05, 4.69) is 5.32 Å². The first kappa shape index (κ1) is 14.0. The summed E-state index contributed by atoms with van der Waals surface area (Å²) in [5, 5.41) is 20.7. The Morgan fingerprint density at radius 2 is 1.94 bits per heavy atom. The molecule has 1 rings (SSSR count). The lowest BCUT2D eigenvalue weighted by molar-refractivity contribution is -0.118. The zero-order valence-corrected chi connectivity index (χ0v) is 10.2. The van der Waals surface area contributed by atoms with Crippen LogP contribution < -0.4 is 11.1 Å². The van der Waals surface area contributed by atoms with E-state index in [1.165, 1.54) is 18.2 Å². The van der Waals surface area contributed by atoms with E-state index in [1.807, 2.05) is 13.8 Å². The maximum absolute atomic E-state index is 11.6. The molecule has 6 heteroatoms. The normalized spacial score (nSPS) is 12.2. The third-order valence-corrected chi connectivity index (χ3v) is 2.52. The number of rotatable bonds is 4. The van der Waals surface area contributed by atoms with Crippen molar-refractivity contribution in [3.63, 3.8) is 0 Å². The number of benzene rings is 1. The van der Waals surface area contributed by atoms with Gasteiger partial charge < -0.3 is 21.3 Å². The molecule has 0 unspecified atom stereocenters. The first-order chi connectivity index (χ1) is 8.32. The molecule has 1 aromatic carbocycles. The number of aromatic hydroxyl groups is 1. The molecule has 6 nitrogen and oxygen atoms in total. The fourth-order valence-electron chi connectivity index (χ4n) is 1.32. The second-order valence-electron chi connectivity index (χ2n) is 4.30. The van der Waals surface area contributed by atoms with Crippen LogP contribution in [-0.4, -0.2) is 28.1 Å². The van der Waals surface area contributed by atoms with Crippen molar-refractivity contribution < 1.29 is 19.8 Å². The number of phenols is 1. The van der Waals surface area contributed by atoms with Crippen molar-refractivity contribution in [2.75, 3.05) is 5.32 Å². The predicted octanol–water partition coefficient (Wildman–Crippen LogP) is 1.01. The van der Waals surface area contributed by atoms with Gasteiger partial charge in [0.15, 0.2) is 0 Å². The smallest absolute Gasteiger partial charge is 0.339 e. The van der Waals surface area contributed by atoms with Crippen LogP contribution in [-0.2, 0) is 4.79 Å². The molecular formula is C12H16N2O4. The standard InChI is InChI=1S/C12H16N2O4/c1-6(2)10(13)11(16)14-7-3-4-8(12(17)18)9(15)5-7/h3-6,10,15H,13H2,1-2H3,(H,14,16)(H,17,18)/t10-/m1/s1. The van der Waals surface area contributed by atoms with Gasteiger partial charge in [0.2, 0.25) is 5.91 Å². The number of hydrogen-bond donors (Lipinski definition) is 4. The van der Waals surface area contributed by atoms with Crippen molar-refractivity contribution in [2.24, 2.45) is 11.7 Å². The number of hydrogen-bond acceptors (Lipinski definition) is 4. The van der Waals surface area contributed by atoms with Crippen molar-refractivity contribution in [3.8, 4) is 5.75 Å². The molecule has 0 aliphatic heterocycles. The summed E-state index contributed by atoms with van der Waals surface area (Å²) in [5.74, 6) is -2.04. The van der Waals surface area contributed by atoms with Crippen LogP contribution in [0.1, 0.15) is 24.2 Å². The van der Waals surface area contributed by atoms with Gasteiger partial charge in [-0.15, -0.1) is 0 Å². The van der Waals surface area contributed by atoms with Crippen LogP contribution >= 0.6 is 0 Å². The average molecular weight is 252 g/mol. The third kappa shape index (κ3) is 3.21. The Bertz CT molecular complexity index is 471. The molecule has 0 heterocycles. The lowest BCUT2D eigenvalue weighted by atomic mass is 10.0. The van der Waals surface area contributed by atoms with Gasteiger partial charge in [0, 0.05) is 11.8 Å². The summed E-state index contributed by atoms with van der Waals surface area (Å²) < 4.78 is 0. The number of carbonyl (C=O) groups excluding carboxylic acids is 1. The van der Waals surface area contributed by atoms with Gasteiger partial charge in [-0.1, -0.05) is 13.8 Å². The number of anilines is 1. The molecule has 0 bridgehead atoms. The second kappa shape index (κ2) is 5.50. The number of nitrogens with two attached hydrogens (primary N) is 1. The van der Waals surface area contributed by atoms with Crippen LogP contribution in [0.4, 0.5) is 5.69 Å². The number of nitrogens with one attached hydrogen (secondary N) is 1. The van der Waals surface area contributed by atoms with Crippen LogP contribution in [0.3, 0.4) is 0 Å². The number of aromatic carboxylic acids is 1. The highest BCUT2D eigenvalue weighted by molar-refractivity contribution is 5.96. The number of carboxylic acids is 1. The first-order valence-electron chi connectivity index (χ1n) is 5.45. The Kier molecular flexibility index (Phi) is 4.28. The summed E-state index contributed by atoms with van der Waals surface area (Å²) in [6, 6.07) is 3.13. The Labute approximate surface area is 104 Å². The lowest BCUT2D eigenvalue weighted by Crippen LogP contribution is -2.39. The Balaban J connectivity index is 2.84. The first-order valence-corrected chi connectivity index (χ1v) is 5.45. The van der Waals surface area contributed by atoms with Crippen molar-refractivity contribution in [3.05, 3.63) is 23.8 Å². The highest BCUT2D eigenvalue weighted by atomic mass is 16.4. The molecule has 1 aromatic rings. The van der Waals surface area contributed by atoms with Crippen molar-refractivity contribution in [1.82, 2.24) is 0 Å². The van der Waals surface area contributed by atoms with Gasteiger partial charge in [-0.2, -0.15) is 0 Å². The molecule has 0 aliphatic carbocycles. The molecule has 0 saturated carbocycles. The van der Waals surface area contributed by atoms with E-state index in [9.17, 15) is 14.7 Å². The van der Waals surface area contributed by atoms with Gasteiger partial charge >= 0.3 is 5.97 Å². The predicted molar refractivity (Wildman–Crippen MR) is 66.5 cm³/mol. The van der Waals surface area contributed by atoms with Crippen molar-refractivity contribution in [2.45, 2.75) is 19.9 Å². The van der Waals surface area contributed by atoms with Gasteiger partial charge in [-0.25, -0.2) is 4.79 Å². The SMILES string of the molecule is CC(C)[C@@H](N)C(=O)Nc1ccc(C(=O)O)c(O)c1. The maximum Gasteiger partial charge on any atom is 0.339 e. The van der Waals surface area contributed by atoms with Gasteiger partial charge in [0.05, 0.1) is 6.04 Å². The van der Waals surface area contributed by atoms with E-state index in [0.717, 1.165) is 0 Å². The van der Waals surface area contributed by atoms with Crippen LogP contribution in [0.25, 0.3) is 0 Å². The molecule has 98 valence electrons. The minimum Gasteiger partial charge on any atom is -0.507 e. The minimum atomic E-state index is -1.23. The van der Waals surface area contributed by atoms with Gasteiger partial charge in [-0.3, -0.25) is 4.79 Å². The quantitative estimate of drug-likeness (QED) is 0.638. The van der Waals surface area contributed by atoms with Crippen LogP contribution in [0.2, 0.25) is 0 Å². The summed E-state index contributed by atoms with van der Waals surface area (Å²) >= 11 is 0. The molecule has 1 atom stereocenters. The van der Waals surface area contributed by atoms with Gasteiger partial charge in [0.1, 0.15) is 11.3 Å². The molecule has 0 fully saturated rings. The molecule has 0 saturated heterocycles. The molecule has 0 aromatic heterocycles. The van der Waals surface area contributed by atoms with Gasteiger partial charge in [-0.05, 0) is 18.1 Å². The summed E-state index contributed by atoms with van der Waals surface area (Å²) in [4.78, 5) is 22.3. The Hall–Kier alpha value is -2.08. The van der Waals surface area contributed by atoms with Crippen molar-refractivity contribution in [1.29, 1.82) is 0 Å². The third-order valence-electron chi connectivity index (χ3n) is 2.52. The Morgan fingerprint density at radius 1 is 1.33 bits per heavy atom. The van der Waals surface area contributed by atoms with E-state index in [0.29, 0.717) is 5.69 Å². The largest absolute Gasteiger partial charge is 0.507 e. The van der Waals surface area contributed by atoms with E-state index in [-0.39, 0.29) is 17.4 Å². The monoisotopic (exact) mass is 252 g/mol. The molecule has 0 aliphatic rings. The number of carboxylic acid groups (broad SMARTS) is 1. The average Bonchev–Trinajstić information content (AvgIpc) is 2.27. The summed E-state index contributed by atoms with van der Waals surface area (Å²) in [6.45, 7) is 3.63. The molecule has 0 radical (unpaired) electrons. The summed E-state index contributed by atoms with van der Waals surface area (Å²) in [7, 11) is 0. The number of amides is 1. The van der Waals surface area contributed by atoms with Gasteiger partial charge in [0.25, 0.3) is 0 Å². The van der Waals surface area contributed by atoms with Crippen LogP contribution in [0.15, 0.2) is 18.2 Å². The van der Waals surface area contributed by atoms with E-state index < -0.39 is 17.8 Å². The van der Waals surface area contributed by atoms with E-state index in [1.54, 1.807) is 0 Å². The van der Waals surface area contributed by atoms with E-state index >= 15 is 0 Å². The lowest BCUT2D eigenvalue weighted by Gasteiger charge is -2.15. The maximum atomic E-state index is 11.6. The topological polar surface area (TPSA) is 113 Å². The molecular weight excluding hydrogens is 236 g/mol. The summed E-state index contributed by atoms with van der Waals surface area (Å²) in [6.07, 6.45) is 0. The molecule has 18 heavy (non-hydrogen) atoms. The minimum absolute atomic E-state index is 0.0168. The summed E-state index contributed by atoms with van der Waals surface area (Å²) in [5.41, 5.74) is 5.74. The highest BCUT2D eigenvalue weighted by Crippen LogP contribution is 2.22. The second-order valence-corrected chi connectivity index (χ2v) is 4.30. The zero-order valence-electron chi connectivity index (χ0n) is 10.2. The fraction of sp³-hybridized carbons (Fsp3) is 0.333. The number of carbonyl (C=O) groups is 2. The molecule has 5 N–H and O–H groups in total. The molecule has 1 amide bonds. The molecule has 0 spiro atoms. The van der Waals surface area contributed by atoms with Crippen molar-refractivity contribution >= 4 is 17.6 Å². The zero-order chi connectivity index (χ0) is 13.9. The highest BCUT2D eigenvalue weighted by Gasteiger charge is 2.18. The van der Waals surface area contributed by atoms with Crippen LogP contribution in [0, 0.1) is 5.92 Å². The Morgan fingerprint density at radius 3 is 2.39 bits per heavy atom. The van der Waals surface area contributed by atoms with Crippen LogP contribution in [0.5, 0.6) is 5.75 Å². The fourth-order valence-corrected chi connectivity index (χ4v) is 1.32. The van der Waals surface area contributed by atoms with E-state index in [4.69, 9.17) is 10.8 Å².